The fourth-order valence-corrected chi connectivity index (χ4v) is 4.15. The van der Waals surface area contributed by atoms with Crippen LogP contribution in [0.2, 0.25) is 0 Å². The van der Waals surface area contributed by atoms with Crippen LogP contribution in [-0.2, 0) is 4.79 Å². The molecule has 1 aliphatic heterocycles. The number of alkyl halides is 1. The Labute approximate surface area is 202 Å². The molecular formula is C27H24FN3O4. The van der Waals surface area contributed by atoms with Crippen LogP contribution < -0.4 is 19.5 Å². The number of nitriles is 1. The number of ether oxygens (including phenoxy) is 3. The van der Waals surface area contributed by atoms with Crippen molar-refractivity contribution in [3.05, 3.63) is 59.3 Å². The molecule has 2 heterocycles. The monoisotopic (exact) mass is 473 g/mol. The zero-order valence-corrected chi connectivity index (χ0v) is 19.6. The van der Waals surface area contributed by atoms with Crippen molar-refractivity contribution in [2.45, 2.75) is 25.6 Å². The molecule has 1 N–H and O–H groups in total. The third kappa shape index (κ3) is 4.83. The minimum Gasteiger partial charge on any atom is -0.497 e. The molecule has 0 spiro atoms. The molecule has 1 fully saturated rings. The van der Waals surface area contributed by atoms with Crippen molar-refractivity contribution < 1.29 is 23.4 Å². The molecule has 0 unspecified atom stereocenters. The lowest BCUT2D eigenvalue weighted by atomic mass is 9.97. The zero-order valence-electron chi connectivity index (χ0n) is 19.6. The van der Waals surface area contributed by atoms with Gasteiger partial charge in [0, 0.05) is 28.5 Å². The van der Waals surface area contributed by atoms with E-state index < -0.39 is 24.0 Å². The quantitative estimate of drug-likeness (QED) is 0.548. The lowest BCUT2D eigenvalue weighted by Crippen LogP contribution is -2.34. The first-order chi connectivity index (χ1) is 17.0. The number of hydrogen-bond donors (Lipinski definition) is 1. The van der Waals surface area contributed by atoms with E-state index >= 15 is 0 Å². The number of nitrogens with one attached hydrogen (secondary N) is 1. The number of halogens is 1. The molecule has 1 amide bonds. The van der Waals surface area contributed by atoms with Crippen LogP contribution in [0.5, 0.6) is 17.4 Å². The van der Waals surface area contributed by atoms with Crippen LogP contribution in [0, 0.1) is 29.1 Å². The van der Waals surface area contributed by atoms with Gasteiger partial charge in [0.15, 0.2) is 6.17 Å². The second-order valence-corrected chi connectivity index (χ2v) is 8.07. The number of nitrogens with zero attached hydrogens (tertiary/aromatic N) is 2. The number of methoxy groups -OCH3 is 2. The third-order valence-electron chi connectivity index (χ3n) is 6.04. The maximum Gasteiger partial charge on any atom is 0.255 e. The summed E-state index contributed by atoms with van der Waals surface area (Å²) in [4.78, 5) is 16.2. The van der Waals surface area contributed by atoms with E-state index in [9.17, 15) is 14.4 Å². The number of carbonyl (C=O) groups excluding carboxylic acids is 1. The Hall–Kier alpha value is -4.30. The molecule has 8 heteroatoms. The maximum absolute atomic E-state index is 14.2. The van der Waals surface area contributed by atoms with Gasteiger partial charge < -0.3 is 19.5 Å². The normalized spacial score (nSPS) is 18.8. The first-order valence-electron chi connectivity index (χ1n) is 11.1. The Morgan fingerprint density at radius 2 is 1.94 bits per heavy atom. The molecule has 4 rings (SSSR count). The van der Waals surface area contributed by atoms with E-state index in [-0.39, 0.29) is 12.5 Å². The fraction of sp³-hybridized carbons (Fsp3) is 0.296. The highest BCUT2D eigenvalue weighted by Gasteiger charge is 2.41. The summed E-state index contributed by atoms with van der Waals surface area (Å²) in [7, 11) is 3.07. The lowest BCUT2D eigenvalue weighted by molar-refractivity contribution is -0.123. The molecule has 7 nitrogen and oxygen atoms in total. The molecule has 178 valence electrons. The summed E-state index contributed by atoms with van der Waals surface area (Å²) in [5.41, 5.74) is 1.70. The van der Waals surface area contributed by atoms with Crippen LogP contribution in [0.25, 0.3) is 10.8 Å². The van der Waals surface area contributed by atoms with Gasteiger partial charge in [-0.05, 0) is 36.8 Å². The van der Waals surface area contributed by atoms with Crippen molar-refractivity contribution in [1.29, 1.82) is 5.26 Å². The van der Waals surface area contributed by atoms with E-state index in [0.29, 0.717) is 39.8 Å². The van der Waals surface area contributed by atoms with Gasteiger partial charge in [0.25, 0.3) is 5.91 Å². The molecule has 0 bridgehead atoms. The summed E-state index contributed by atoms with van der Waals surface area (Å²) in [6.07, 6.45) is 0.521. The van der Waals surface area contributed by atoms with Crippen molar-refractivity contribution in [3.8, 4) is 35.3 Å². The number of hydrogen-bond acceptors (Lipinski definition) is 6. The second-order valence-electron chi connectivity index (χ2n) is 8.07. The van der Waals surface area contributed by atoms with Crippen LogP contribution in [-0.4, -0.2) is 43.9 Å². The predicted molar refractivity (Wildman–Crippen MR) is 128 cm³/mol. The average molecular weight is 474 g/mol. The average Bonchev–Trinajstić information content (AvgIpc) is 3.17. The standard InChI is InChI=1S/C27H24FN3O4/c1-4-20-23(31-26(32)25(20)28)15-35-27-22-12-24(34-3)18(13-29)11-21(22)17(14-30-27)9-8-16-6-5-7-19(10-16)33-2/h5-7,10-12,14,20,23,25H,4,15H2,1-3H3,(H,31,32)/t20-,23+,25-/m0/s1. The van der Waals surface area contributed by atoms with Crippen molar-refractivity contribution in [2.75, 3.05) is 20.8 Å². The summed E-state index contributed by atoms with van der Waals surface area (Å²) < 4.78 is 30.7. The summed E-state index contributed by atoms with van der Waals surface area (Å²) in [5.74, 6) is 6.47. The van der Waals surface area contributed by atoms with Gasteiger partial charge in [0.05, 0.1) is 31.4 Å². The number of benzene rings is 2. The summed E-state index contributed by atoms with van der Waals surface area (Å²) in [6, 6.07) is 12.4. The fourth-order valence-electron chi connectivity index (χ4n) is 4.15. The van der Waals surface area contributed by atoms with Crippen molar-refractivity contribution >= 4 is 16.7 Å². The van der Waals surface area contributed by atoms with E-state index in [1.807, 2.05) is 31.2 Å². The molecule has 2 aromatic carbocycles. The number of aromatic nitrogens is 1. The Balaban J connectivity index is 1.73. The van der Waals surface area contributed by atoms with E-state index in [2.05, 4.69) is 28.2 Å². The van der Waals surface area contributed by atoms with Crippen molar-refractivity contribution in [2.24, 2.45) is 5.92 Å². The zero-order chi connectivity index (χ0) is 24.9. The van der Waals surface area contributed by atoms with Gasteiger partial charge in [-0.3, -0.25) is 4.79 Å². The highest BCUT2D eigenvalue weighted by atomic mass is 19.1. The maximum atomic E-state index is 14.2. The molecule has 1 aromatic heterocycles. The molecule has 3 aromatic rings. The van der Waals surface area contributed by atoms with E-state index in [0.717, 1.165) is 5.56 Å². The van der Waals surface area contributed by atoms with Gasteiger partial charge in [-0.15, -0.1) is 0 Å². The summed E-state index contributed by atoms with van der Waals surface area (Å²) in [5, 5.41) is 13.5. The number of amides is 1. The topological polar surface area (TPSA) is 93.5 Å². The Morgan fingerprint density at radius 1 is 1.11 bits per heavy atom. The van der Waals surface area contributed by atoms with Crippen LogP contribution >= 0.6 is 0 Å². The van der Waals surface area contributed by atoms with Gasteiger partial charge in [0.2, 0.25) is 5.88 Å². The Kier molecular flexibility index (Phi) is 7.03. The van der Waals surface area contributed by atoms with E-state index in [1.54, 1.807) is 25.4 Å². The Bertz CT molecular complexity index is 1370. The molecule has 35 heavy (non-hydrogen) atoms. The number of carbonyl (C=O) groups is 1. The van der Waals surface area contributed by atoms with Gasteiger partial charge in [-0.1, -0.05) is 24.8 Å². The SMILES string of the molecule is CC[C@@H]1[C@H](F)C(=O)N[C@@H]1COc1ncc(C#Cc2cccc(OC)c2)c2cc(C#N)c(OC)cc12. The lowest BCUT2D eigenvalue weighted by Gasteiger charge is -2.19. The highest BCUT2D eigenvalue weighted by molar-refractivity contribution is 5.94. The molecule has 0 aliphatic carbocycles. The van der Waals surface area contributed by atoms with Gasteiger partial charge in [0.1, 0.15) is 24.2 Å². The van der Waals surface area contributed by atoms with Crippen molar-refractivity contribution in [1.82, 2.24) is 10.3 Å². The summed E-state index contributed by atoms with van der Waals surface area (Å²) >= 11 is 0. The van der Waals surface area contributed by atoms with E-state index in [1.165, 1.54) is 7.11 Å². The predicted octanol–water partition coefficient (Wildman–Crippen LogP) is 3.76. The van der Waals surface area contributed by atoms with Gasteiger partial charge in [-0.2, -0.15) is 5.26 Å². The second kappa shape index (κ2) is 10.3. The first-order valence-corrected chi connectivity index (χ1v) is 11.1. The number of rotatable bonds is 6. The van der Waals surface area contributed by atoms with Crippen molar-refractivity contribution in [3.63, 3.8) is 0 Å². The first kappa shape index (κ1) is 23.8. The molecule has 0 radical (unpaired) electrons. The minimum absolute atomic E-state index is 0.0594. The van der Waals surface area contributed by atoms with Crippen LogP contribution in [0.3, 0.4) is 0 Å². The molecule has 3 atom stereocenters. The smallest absolute Gasteiger partial charge is 0.255 e. The third-order valence-corrected chi connectivity index (χ3v) is 6.04. The van der Waals surface area contributed by atoms with E-state index in [4.69, 9.17) is 14.2 Å². The number of pyridine rings is 1. The summed E-state index contributed by atoms with van der Waals surface area (Å²) in [6.45, 7) is 1.90. The van der Waals surface area contributed by atoms with Gasteiger partial charge >= 0.3 is 0 Å². The van der Waals surface area contributed by atoms with Crippen LogP contribution in [0.1, 0.15) is 30.0 Å². The molecule has 1 aliphatic rings. The van der Waals surface area contributed by atoms with Crippen LogP contribution in [0.4, 0.5) is 4.39 Å². The van der Waals surface area contributed by atoms with Crippen LogP contribution in [0.15, 0.2) is 42.6 Å². The molecule has 1 saturated heterocycles. The molecule has 0 saturated carbocycles. The Morgan fingerprint density at radius 3 is 2.66 bits per heavy atom. The minimum atomic E-state index is -1.55. The number of fused-ring (bicyclic) bond motifs is 1. The largest absolute Gasteiger partial charge is 0.497 e. The highest BCUT2D eigenvalue weighted by Crippen LogP contribution is 2.33. The molecular weight excluding hydrogens is 449 g/mol. The van der Waals surface area contributed by atoms with Gasteiger partial charge in [-0.25, -0.2) is 9.37 Å².